The third kappa shape index (κ3) is 11.8. The molecule has 2 saturated heterocycles. The number of anilines is 4. The standard InChI is InChI=1S/C22H22FN5O4.C21H22FN5O3.2ClH/c1-15(30)2-5-18-12-28(22(31)32-18)17-4-6-19(20(23)10-17)16-3-7-21(24-11-16)26-8-9-27(14-29)25-13-26;1-14(28)2-5-17-12-27(21(29)30-17)16-4-6-18(19(22)10-16)15-3-7-20(23-11-15)26-9-8-24-25-13-26;;/h3-4,6-7,10-11,13-14,18H,2,5,8-9,12H2,1H3;3-4,6-7,10-11,13,17,24H,2,5,8-9,12H2,1H3;2*1H/t18-;17-;;/m00../s1. The van der Waals surface area contributed by atoms with Gasteiger partial charge in [0.05, 0.1) is 37.6 Å². The van der Waals surface area contributed by atoms with Crippen molar-refractivity contribution in [3.8, 4) is 22.3 Å². The van der Waals surface area contributed by atoms with Crippen LogP contribution in [0.4, 0.5) is 41.4 Å². The Morgan fingerprint density at radius 2 is 1.22 bits per heavy atom. The average molecular weight is 924 g/mol. The highest BCUT2D eigenvalue weighted by molar-refractivity contribution is 5.91. The fourth-order valence-electron chi connectivity index (χ4n) is 7.02. The van der Waals surface area contributed by atoms with E-state index in [1.165, 1.54) is 47.1 Å². The number of hydrogen-bond donors (Lipinski definition) is 1. The van der Waals surface area contributed by atoms with Gasteiger partial charge in [0, 0.05) is 60.6 Å². The van der Waals surface area contributed by atoms with E-state index in [-0.39, 0.29) is 55.1 Å². The second-order valence-electron chi connectivity index (χ2n) is 14.9. The molecule has 0 radical (unpaired) electrons. The third-order valence-corrected chi connectivity index (χ3v) is 10.4. The largest absolute Gasteiger partial charge is 0.444 e. The molecular weight excluding hydrogens is 877 g/mol. The van der Waals surface area contributed by atoms with Gasteiger partial charge in [0.1, 0.15) is 59.7 Å². The van der Waals surface area contributed by atoms with Gasteiger partial charge in [-0.05, 0) is 87.4 Å². The highest BCUT2D eigenvalue weighted by Crippen LogP contribution is 2.32. The van der Waals surface area contributed by atoms with Gasteiger partial charge in [0.25, 0.3) is 0 Å². The lowest BCUT2D eigenvalue weighted by molar-refractivity contribution is -0.118. The Labute approximate surface area is 379 Å². The van der Waals surface area contributed by atoms with Gasteiger partial charge in [0.15, 0.2) is 0 Å². The van der Waals surface area contributed by atoms with Crippen molar-refractivity contribution >= 4 is 90.7 Å². The normalized spacial score (nSPS) is 17.7. The van der Waals surface area contributed by atoms with E-state index in [4.69, 9.17) is 9.47 Å². The number of carbonyl (C=O) groups excluding carboxylic acids is 5. The van der Waals surface area contributed by atoms with Crippen LogP contribution < -0.4 is 25.0 Å². The van der Waals surface area contributed by atoms with Gasteiger partial charge in [-0.1, -0.05) is 0 Å². The molecule has 0 unspecified atom stereocenters. The summed E-state index contributed by atoms with van der Waals surface area (Å²) in [4.78, 5) is 72.6. The third-order valence-electron chi connectivity index (χ3n) is 10.4. The average Bonchev–Trinajstić information content (AvgIpc) is 3.86. The predicted octanol–water partition coefficient (Wildman–Crippen LogP) is 6.58. The molecule has 4 aromatic rings. The van der Waals surface area contributed by atoms with Crippen molar-refractivity contribution in [2.75, 3.05) is 58.9 Å². The number of Topliss-reactive ketones (excluding diaryl/α,β-unsaturated/α-hetero) is 2. The smallest absolute Gasteiger partial charge is 0.414 e. The Balaban J connectivity index is 0.000000234. The molecule has 4 aliphatic rings. The number of ether oxygens (including phenoxy) is 2. The minimum Gasteiger partial charge on any atom is -0.444 e. The summed E-state index contributed by atoms with van der Waals surface area (Å²) in [5.41, 5.74) is 5.67. The van der Waals surface area contributed by atoms with E-state index in [1.807, 2.05) is 11.0 Å². The molecule has 338 valence electrons. The number of halogens is 4. The molecule has 0 saturated carbocycles. The van der Waals surface area contributed by atoms with Gasteiger partial charge >= 0.3 is 12.2 Å². The molecule has 4 aliphatic heterocycles. The number of aromatic nitrogens is 2. The lowest BCUT2D eigenvalue weighted by Crippen LogP contribution is -2.37. The highest BCUT2D eigenvalue weighted by atomic mass is 35.5. The number of nitrogens with one attached hydrogen (secondary N) is 1. The number of carbonyl (C=O) groups is 5. The van der Waals surface area contributed by atoms with Crippen LogP contribution in [0.3, 0.4) is 0 Å². The second kappa shape index (κ2) is 22.1. The maximum Gasteiger partial charge on any atom is 0.414 e. The summed E-state index contributed by atoms with van der Waals surface area (Å²) in [6.45, 7) is 6.05. The summed E-state index contributed by atoms with van der Waals surface area (Å²) in [7, 11) is 0. The van der Waals surface area contributed by atoms with Gasteiger partial charge < -0.3 is 34.3 Å². The fraction of sp³-hybridized carbons (Fsp3) is 0.326. The first kappa shape index (κ1) is 48.3. The second-order valence-corrected chi connectivity index (χ2v) is 14.9. The van der Waals surface area contributed by atoms with Crippen LogP contribution >= 0.6 is 24.8 Å². The van der Waals surface area contributed by atoms with Crippen LogP contribution in [0.15, 0.2) is 83.3 Å². The minimum absolute atomic E-state index is 0. The molecule has 21 heteroatoms. The molecule has 0 bridgehead atoms. The Hall–Kier alpha value is -6.73. The minimum atomic E-state index is -0.548. The summed E-state index contributed by atoms with van der Waals surface area (Å²) in [6, 6.07) is 16.3. The van der Waals surface area contributed by atoms with Gasteiger partial charge in [-0.3, -0.25) is 14.6 Å². The van der Waals surface area contributed by atoms with E-state index in [2.05, 4.69) is 25.6 Å². The van der Waals surface area contributed by atoms with Crippen LogP contribution in [-0.2, 0) is 23.9 Å². The number of amides is 3. The summed E-state index contributed by atoms with van der Waals surface area (Å²) in [5.74, 6) is 0.506. The molecule has 64 heavy (non-hydrogen) atoms. The SMILES string of the molecule is CC(=O)CC[C@H]1CN(c2ccc(-c3ccc(N4C=NN(C=O)CC4)nc3)c(F)c2)C(=O)O1.CC(=O)CC[C@H]1CN(c2ccc(-c3ccc(N4C=NNCC4)nc3)c(F)c2)C(=O)O1.Cl.Cl. The lowest BCUT2D eigenvalue weighted by atomic mass is 10.1. The predicted molar refractivity (Wildman–Crippen MR) is 241 cm³/mol. The molecule has 1 N–H and O–H groups in total. The molecular formula is C43H46Cl2F2N10O7. The molecule has 8 rings (SSSR count). The number of cyclic esters (lactones) is 2. The van der Waals surface area contributed by atoms with Crippen LogP contribution in [0.5, 0.6) is 0 Å². The van der Waals surface area contributed by atoms with Crippen molar-refractivity contribution in [1.82, 2.24) is 20.4 Å². The zero-order valence-electron chi connectivity index (χ0n) is 34.8. The van der Waals surface area contributed by atoms with E-state index in [1.54, 1.807) is 66.1 Å². The molecule has 6 heterocycles. The van der Waals surface area contributed by atoms with Crippen molar-refractivity contribution in [1.29, 1.82) is 0 Å². The number of hydrazone groups is 2. The lowest BCUT2D eigenvalue weighted by Gasteiger charge is -2.25. The Bertz CT molecular complexity index is 2380. The van der Waals surface area contributed by atoms with Crippen LogP contribution in [0, 0.1) is 11.6 Å². The summed E-state index contributed by atoms with van der Waals surface area (Å²) < 4.78 is 40.3. The van der Waals surface area contributed by atoms with Gasteiger partial charge in [-0.25, -0.2) is 33.3 Å². The van der Waals surface area contributed by atoms with E-state index in [0.29, 0.717) is 91.2 Å². The molecule has 0 spiro atoms. The van der Waals surface area contributed by atoms with Gasteiger partial charge in [-0.15, -0.1) is 24.8 Å². The molecule has 2 atom stereocenters. The molecule has 2 aromatic heterocycles. The van der Waals surface area contributed by atoms with Crippen LogP contribution in [0.1, 0.15) is 39.5 Å². The quantitative estimate of drug-likeness (QED) is 0.143. The maximum absolute atomic E-state index is 14.9. The van der Waals surface area contributed by atoms with Crippen molar-refractivity contribution in [3.05, 3.63) is 84.7 Å². The summed E-state index contributed by atoms with van der Waals surface area (Å²) >= 11 is 0. The Morgan fingerprint density at radius 1 is 0.719 bits per heavy atom. The number of pyridine rings is 2. The monoisotopic (exact) mass is 922 g/mol. The Morgan fingerprint density at radius 3 is 1.59 bits per heavy atom. The van der Waals surface area contributed by atoms with Crippen molar-refractivity contribution in [2.24, 2.45) is 10.2 Å². The first-order valence-corrected chi connectivity index (χ1v) is 20.0. The van der Waals surface area contributed by atoms with E-state index in [0.717, 1.165) is 18.9 Å². The zero-order chi connectivity index (χ0) is 43.8. The maximum atomic E-state index is 14.9. The van der Waals surface area contributed by atoms with Crippen molar-refractivity contribution < 1.29 is 42.2 Å². The van der Waals surface area contributed by atoms with Gasteiger partial charge in [0.2, 0.25) is 6.41 Å². The van der Waals surface area contributed by atoms with E-state index < -0.39 is 23.8 Å². The van der Waals surface area contributed by atoms with Crippen LogP contribution in [0.25, 0.3) is 22.3 Å². The fourth-order valence-corrected chi connectivity index (χ4v) is 7.02. The number of ketones is 2. The number of benzene rings is 2. The highest BCUT2D eigenvalue weighted by Gasteiger charge is 2.34. The number of hydrogen-bond acceptors (Lipinski definition) is 14. The topological polar surface area (TPSA) is 183 Å². The zero-order valence-corrected chi connectivity index (χ0v) is 36.5. The molecule has 2 fully saturated rings. The Kier molecular flexibility index (Phi) is 16.7. The first-order chi connectivity index (χ1) is 29.9. The van der Waals surface area contributed by atoms with Crippen LogP contribution in [-0.4, -0.2) is 109 Å². The number of rotatable bonds is 13. The van der Waals surface area contributed by atoms with Crippen molar-refractivity contribution in [2.45, 2.75) is 51.7 Å². The van der Waals surface area contributed by atoms with Gasteiger partial charge in [-0.2, -0.15) is 10.2 Å². The summed E-state index contributed by atoms with van der Waals surface area (Å²) in [5, 5.41) is 9.28. The van der Waals surface area contributed by atoms with Crippen molar-refractivity contribution in [3.63, 3.8) is 0 Å². The molecule has 17 nitrogen and oxygen atoms in total. The molecule has 0 aliphatic carbocycles. The molecule has 2 aromatic carbocycles. The van der Waals surface area contributed by atoms with E-state index in [9.17, 15) is 32.8 Å². The first-order valence-electron chi connectivity index (χ1n) is 20.0. The summed E-state index contributed by atoms with van der Waals surface area (Å²) in [6.07, 6.45) is 6.80. The number of nitrogens with zero attached hydrogens (tertiary/aromatic N) is 9. The van der Waals surface area contributed by atoms with E-state index >= 15 is 0 Å². The molecule has 3 amide bonds. The van der Waals surface area contributed by atoms with Crippen LogP contribution in [0.2, 0.25) is 0 Å².